The van der Waals surface area contributed by atoms with Crippen LogP contribution < -0.4 is 10.1 Å². The van der Waals surface area contributed by atoms with Crippen LogP contribution in [0.15, 0.2) is 58.4 Å². The van der Waals surface area contributed by atoms with Crippen molar-refractivity contribution in [2.75, 3.05) is 6.61 Å². The summed E-state index contributed by atoms with van der Waals surface area (Å²) in [6, 6.07) is 12.3. The standard InChI is InChI=1S/C18H13FN2O4S/c19-12-3-5-13(6-4-12)20-18-21-17(24)15(26-18)9-11-1-7-14(8-2-11)25-10-16(22)23/h1-9H,10H2,(H,22,23)(H,20,21,24). The number of aliphatic carboxylic acids is 1. The lowest BCUT2D eigenvalue weighted by atomic mass is 10.2. The van der Waals surface area contributed by atoms with Crippen molar-refractivity contribution in [3.05, 3.63) is 64.8 Å². The first kappa shape index (κ1) is 17.7. The van der Waals surface area contributed by atoms with E-state index in [9.17, 15) is 14.0 Å². The number of ether oxygens (including phenoxy) is 1. The Balaban J connectivity index is 1.70. The van der Waals surface area contributed by atoms with Gasteiger partial charge < -0.3 is 15.2 Å². The van der Waals surface area contributed by atoms with Crippen molar-refractivity contribution >= 4 is 40.6 Å². The molecule has 0 bridgehead atoms. The third-order valence-corrected chi connectivity index (χ3v) is 4.16. The number of halogens is 1. The van der Waals surface area contributed by atoms with Crippen LogP contribution in [0.5, 0.6) is 5.75 Å². The van der Waals surface area contributed by atoms with Crippen LogP contribution in [-0.2, 0) is 9.59 Å². The van der Waals surface area contributed by atoms with E-state index in [2.05, 4.69) is 10.3 Å². The van der Waals surface area contributed by atoms with Gasteiger partial charge in [-0.1, -0.05) is 12.1 Å². The maximum atomic E-state index is 12.9. The predicted molar refractivity (Wildman–Crippen MR) is 96.8 cm³/mol. The number of carboxylic acids is 1. The number of carboxylic acid groups (broad SMARTS) is 1. The third-order valence-electron chi connectivity index (χ3n) is 3.25. The lowest BCUT2D eigenvalue weighted by Crippen LogP contribution is -2.19. The molecule has 3 rings (SSSR count). The van der Waals surface area contributed by atoms with Crippen molar-refractivity contribution in [3.8, 4) is 5.75 Å². The van der Waals surface area contributed by atoms with E-state index < -0.39 is 12.6 Å². The van der Waals surface area contributed by atoms with Gasteiger partial charge in [0.15, 0.2) is 11.8 Å². The minimum absolute atomic E-state index is 0.276. The van der Waals surface area contributed by atoms with E-state index in [1.807, 2.05) is 0 Å². The molecule has 26 heavy (non-hydrogen) atoms. The Morgan fingerprint density at radius 3 is 2.54 bits per heavy atom. The van der Waals surface area contributed by atoms with Gasteiger partial charge in [0.2, 0.25) is 0 Å². The Bertz CT molecular complexity index is 892. The minimum atomic E-state index is -1.05. The summed E-state index contributed by atoms with van der Waals surface area (Å²) in [7, 11) is 0. The summed E-state index contributed by atoms with van der Waals surface area (Å²) in [4.78, 5) is 27.2. The molecule has 1 saturated heterocycles. The van der Waals surface area contributed by atoms with Crippen LogP contribution in [0.1, 0.15) is 5.56 Å². The van der Waals surface area contributed by atoms with Crippen molar-refractivity contribution < 1.29 is 23.8 Å². The van der Waals surface area contributed by atoms with Gasteiger partial charge in [-0.15, -0.1) is 0 Å². The second-order valence-corrected chi connectivity index (χ2v) is 6.24. The molecule has 1 amide bonds. The van der Waals surface area contributed by atoms with Crippen LogP contribution in [0.25, 0.3) is 6.08 Å². The second-order valence-electron chi connectivity index (χ2n) is 5.21. The Kier molecular flexibility index (Phi) is 5.33. The summed E-state index contributed by atoms with van der Waals surface area (Å²) in [5.74, 6) is -1.25. The second kappa shape index (κ2) is 7.83. The Labute approximate surface area is 152 Å². The number of nitrogens with one attached hydrogen (secondary N) is 1. The van der Waals surface area contributed by atoms with E-state index in [0.29, 0.717) is 21.5 Å². The molecular formula is C18H13FN2O4S. The van der Waals surface area contributed by atoms with Crippen molar-refractivity contribution in [1.29, 1.82) is 0 Å². The highest BCUT2D eigenvalue weighted by atomic mass is 32.2. The fraction of sp³-hybridized carbons (Fsp3) is 0.0556. The van der Waals surface area contributed by atoms with E-state index in [0.717, 1.165) is 5.56 Å². The molecule has 1 heterocycles. The number of hydrogen-bond acceptors (Lipinski definition) is 5. The van der Waals surface area contributed by atoms with E-state index in [1.54, 1.807) is 30.3 Å². The van der Waals surface area contributed by atoms with E-state index in [-0.39, 0.29) is 11.7 Å². The van der Waals surface area contributed by atoms with E-state index in [4.69, 9.17) is 9.84 Å². The van der Waals surface area contributed by atoms with Gasteiger partial charge in [-0.2, -0.15) is 0 Å². The molecule has 1 fully saturated rings. The molecule has 2 aromatic rings. The number of hydrogen-bond donors (Lipinski definition) is 2. The molecular weight excluding hydrogens is 359 g/mol. The molecule has 0 radical (unpaired) electrons. The molecule has 1 aliphatic heterocycles. The molecule has 6 nitrogen and oxygen atoms in total. The van der Waals surface area contributed by atoms with Gasteiger partial charge in [0.1, 0.15) is 11.6 Å². The van der Waals surface area contributed by atoms with Crippen LogP contribution in [-0.4, -0.2) is 28.8 Å². The monoisotopic (exact) mass is 372 g/mol. The zero-order valence-corrected chi connectivity index (χ0v) is 14.1. The van der Waals surface area contributed by atoms with Crippen LogP contribution in [0.2, 0.25) is 0 Å². The van der Waals surface area contributed by atoms with Crippen molar-refractivity contribution in [1.82, 2.24) is 5.32 Å². The maximum Gasteiger partial charge on any atom is 0.341 e. The number of amides is 1. The molecule has 2 N–H and O–H groups in total. The predicted octanol–water partition coefficient (Wildman–Crippen LogP) is 3.18. The smallest absolute Gasteiger partial charge is 0.341 e. The highest BCUT2D eigenvalue weighted by molar-refractivity contribution is 8.18. The number of benzene rings is 2. The summed E-state index contributed by atoms with van der Waals surface area (Å²) in [6.45, 7) is -0.415. The first-order valence-electron chi connectivity index (χ1n) is 7.49. The molecule has 0 unspecified atom stereocenters. The van der Waals surface area contributed by atoms with Crippen molar-refractivity contribution in [3.63, 3.8) is 0 Å². The first-order chi connectivity index (χ1) is 12.5. The number of carbonyl (C=O) groups excluding carboxylic acids is 1. The van der Waals surface area contributed by atoms with Gasteiger partial charge in [0.25, 0.3) is 5.91 Å². The van der Waals surface area contributed by atoms with Crippen LogP contribution in [0.3, 0.4) is 0 Å². The van der Waals surface area contributed by atoms with Crippen LogP contribution in [0.4, 0.5) is 10.1 Å². The third kappa shape index (κ3) is 4.70. The van der Waals surface area contributed by atoms with Crippen LogP contribution in [0, 0.1) is 5.82 Å². The number of thioether (sulfide) groups is 1. The SMILES string of the molecule is O=C(O)COc1ccc(C=C2SC(=Nc3ccc(F)cc3)NC2=O)cc1. The first-order valence-corrected chi connectivity index (χ1v) is 8.31. The molecule has 0 aromatic heterocycles. The number of nitrogens with zero attached hydrogens (tertiary/aromatic N) is 1. The molecule has 0 atom stereocenters. The highest BCUT2D eigenvalue weighted by Crippen LogP contribution is 2.28. The number of amidine groups is 1. The van der Waals surface area contributed by atoms with Gasteiger partial charge in [-0.3, -0.25) is 4.79 Å². The number of aliphatic imine (C=N–C) groups is 1. The molecule has 0 saturated carbocycles. The Morgan fingerprint density at radius 1 is 1.19 bits per heavy atom. The molecule has 0 spiro atoms. The van der Waals surface area contributed by atoms with Gasteiger partial charge in [-0.25, -0.2) is 14.2 Å². The summed E-state index contributed by atoms with van der Waals surface area (Å²) in [6.07, 6.45) is 1.69. The summed E-state index contributed by atoms with van der Waals surface area (Å²) in [5.41, 5.74) is 1.30. The summed E-state index contributed by atoms with van der Waals surface area (Å²) in [5, 5.41) is 11.6. The van der Waals surface area contributed by atoms with Crippen LogP contribution >= 0.6 is 11.8 Å². The fourth-order valence-electron chi connectivity index (χ4n) is 2.07. The highest BCUT2D eigenvalue weighted by Gasteiger charge is 2.23. The molecule has 1 aliphatic rings. The molecule has 0 aliphatic carbocycles. The number of rotatable bonds is 5. The summed E-state index contributed by atoms with van der Waals surface area (Å²) >= 11 is 1.18. The summed E-state index contributed by atoms with van der Waals surface area (Å²) < 4.78 is 18.0. The van der Waals surface area contributed by atoms with Crippen molar-refractivity contribution in [2.24, 2.45) is 4.99 Å². The molecule has 2 aromatic carbocycles. The van der Waals surface area contributed by atoms with Gasteiger partial charge in [0, 0.05) is 0 Å². The Hall–Kier alpha value is -3.13. The zero-order chi connectivity index (χ0) is 18.5. The maximum absolute atomic E-state index is 12.9. The zero-order valence-electron chi connectivity index (χ0n) is 13.3. The molecule has 8 heteroatoms. The van der Waals surface area contributed by atoms with Gasteiger partial charge in [0.05, 0.1) is 10.6 Å². The fourth-order valence-corrected chi connectivity index (χ4v) is 2.91. The lowest BCUT2D eigenvalue weighted by Gasteiger charge is -2.03. The quantitative estimate of drug-likeness (QED) is 0.787. The largest absolute Gasteiger partial charge is 0.482 e. The normalized spacial score (nSPS) is 16.7. The van der Waals surface area contributed by atoms with E-state index in [1.165, 1.54) is 36.0 Å². The Morgan fingerprint density at radius 2 is 1.88 bits per heavy atom. The average Bonchev–Trinajstić information content (AvgIpc) is 2.95. The topological polar surface area (TPSA) is 88.0 Å². The molecule has 132 valence electrons. The van der Waals surface area contributed by atoms with Crippen molar-refractivity contribution in [2.45, 2.75) is 0 Å². The van der Waals surface area contributed by atoms with Gasteiger partial charge >= 0.3 is 5.97 Å². The lowest BCUT2D eigenvalue weighted by molar-refractivity contribution is -0.139. The minimum Gasteiger partial charge on any atom is -0.482 e. The van der Waals surface area contributed by atoms with E-state index >= 15 is 0 Å². The average molecular weight is 372 g/mol. The van der Waals surface area contributed by atoms with Gasteiger partial charge in [-0.05, 0) is 59.8 Å². The number of carbonyl (C=O) groups is 2.